The van der Waals surface area contributed by atoms with Gasteiger partial charge >= 0.3 is 0 Å². The van der Waals surface area contributed by atoms with E-state index in [1.54, 1.807) is 4.90 Å². The molecule has 1 aliphatic heterocycles. The Labute approximate surface area is 133 Å². The van der Waals surface area contributed by atoms with Gasteiger partial charge in [-0.25, -0.2) is 4.98 Å². The summed E-state index contributed by atoms with van der Waals surface area (Å²) in [4.78, 5) is 31.1. The topological polar surface area (TPSA) is 53.5 Å². The van der Waals surface area contributed by atoms with E-state index in [2.05, 4.69) is 4.98 Å². The first-order valence-corrected chi connectivity index (χ1v) is 7.33. The number of rotatable bonds is 2. The zero-order valence-corrected chi connectivity index (χ0v) is 12.7. The number of carbonyl (C=O) groups excluding carboxylic acids is 2. The van der Waals surface area contributed by atoms with E-state index in [1.165, 1.54) is 23.2 Å². The van der Waals surface area contributed by atoms with Crippen LogP contribution in [-0.2, 0) is 4.79 Å². The lowest BCUT2D eigenvalue weighted by molar-refractivity contribution is -0.120. The van der Waals surface area contributed by atoms with Gasteiger partial charge in [0.25, 0.3) is 5.91 Å². The van der Waals surface area contributed by atoms with E-state index in [4.69, 9.17) is 0 Å². The molecule has 1 saturated heterocycles. The Kier molecular flexibility index (Phi) is 4.06. The van der Waals surface area contributed by atoms with Gasteiger partial charge in [0, 0.05) is 25.0 Å². The highest BCUT2D eigenvalue weighted by molar-refractivity contribution is 6.01. The van der Waals surface area contributed by atoms with Gasteiger partial charge in [0.2, 0.25) is 11.9 Å². The van der Waals surface area contributed by atoms with Crippen molar-refractivity contribution < 1.29 is 14.0 Å². The van der Waals surface area contributed by atoms with Crippen LogP contribution < -0.4 is 4.90 Å². The Morgan fingerprint density at radius 2 is 1.91 bits per heavy atom. The Bertz CT molecular complexity index is 746. The lowest BCUT2D eigenvalue weighted by Crippen LogP contribution is -2.52. The van der Waals surface area contributed by atoms with E-state index in [1.807, 2.05) is 31.2 Å². The number of piperazine rings is 1. The molecule has 0 aliphatic carbocycles. The van der Waals surface area contributed by atoms with Crippen LogP contribution in [0.25, 0.3) is 0 Å². The Morgan fingerprint density at radius 3 is 2.57 bits per heavy atom. The molecule has 2 amide bonds. The zero-order valence-electron chi connectivity index (χ0n) is 12.7. The molecule has 1 fully saturated rings. The summed E-state index contributed by atoms with van der Waals surface area (Å²) in [5, 5.41) is 0. The lowest BCUT2D eigenvalue weighted by atomic mass is 10.1. The number of halogens is 1. The molecule has 0 spiro atoms. The minimum atomic E-state index is -0.814. The number of pyridine rings is 1. The van der Waals surface area contributed by atoms with Crippen LogP contribution in [0.5, 0.6) is 0 Å². The van der Waals surface area contributed by atoms with Crippen molar-refractivity contribution in [1.29, 1.82) is 0 Å². The van der Waals surface area contributed by atoms with Crippen LogP contribution in [-0.4, -0.2) is 41.3 Å². The predicted molar refractivity (Wildman–Crippen MR) is 83.6 cm³/mol. The zero-order chi connectivity index (χ0) is 16.4. The molecule has 0 N–H and O–H groups in total. The summed E-state index contributed by atoms with van der Waals surface area (Å²) in [7, 11) is 0. The standard InChI is InChI=1S/C17H16FN3O2/c1-12-4-6-13(7-5-12)21-10-9-20(11-15(21)22)17(23)14-3-2-8-19-16(14)18/h2-8H,9-11H2,1H3. The van der Waals surface area contributed by atoms with Crippen LogP contribution in [0.3, 0.4) is 0 Å². The van der Waals surface area contributed by atoms with Crippen molar-refractivity contribution in [2.75, 3.05) is 24.5 Å². The second-order valence-electron chi connectivity index (χ2n) is 5.45. The highest BCUT2D eigenvalue weighted by atomic mass is 19.1. The number of hydrogen-bond acceptors (Lipinski definition) is 3. The molecule has 0 radical (unpaired) electrons. The van der Waals surface area contributed by atoms with Crippen molar-refractivity contribution in [2.24, 2.45) is 0 Å². The second-order valence-corrected chi connectivity index (χ2v) is 5.45. The van der Waals surface area contributed by atoms with Gasteiger partial charge in [-0.1, -0.05) is 17.7 Å². The van der Waals surface area contributed by atoms with E-state index in [0.29, 0.717) is 13.1 Å². The summed E-state index contributed by atoms with van der Waals surface area (Å²) in [6.07, 6.45) is 1.28. The number of aryl methyl sites for hydroxylation is 1. The number of hydrogen-bond donors (Lipinski definition) is 0. The fraction of sp³-hybridized carbons (Fsp3) is 0.235. The van der Waals surface area contributed by atoms with E-state index in [-0.39, 0.29) is 18.0 Å². The van der Waals surface area contributed by atoms with Crippen molar-refractivity contribution in [3.05, 3.63) is 59.7 Å². The molecular formula is C17H16FN3O2. The largest absolute Gasteiger partial charge is 0.327 e. The van der Waals surface area contributed by atoms with Gasteiger partial charge in [0.1, 0.15) is 6.54 Å². The fourth-order valence-corrected chi connectivity index (χ4v) is 2.56. The van der Waals surface area contributed by atoms with E-state index in [0.717, 1.165) is 11.3 Å². The first-order chi connectivity index (χ1) is 11.1. The van der Waals surface area contributed by atoms with Crippen molar-refractivity contribution in [3.63, 3.8) is 0 Å². The number of benzene rings is 1. The van der Waals surface area contributed by atoms with Gasteiger partial charge in [-0.05, 0) is 31.2 Å². The van der Waals surface area contributed by atoms with Gasteiger partial charge in [-0.3, -0.25) is 9.59 Å². The van der Waals surface area contributed by atoms with Crippen LogP contribution in [0.15, 0.2) is 42.6 Å². The Hall–Kier alpha value is -2.76. The molecule has 118 valence electrons. The third-order valence-corrected chi connectivity index (χ3v) is 3.84. The number of amides is 2. The normalized spacial score (nSPS) is 15.0. The molecule has 2 aromatic rings. The summed E-state index contributed by atoms with van der Waals surface area (Å²) >= 11 is 0. The molecule has 23 heavy (non-hydrogen) atoms. The maximum Gasteiger partial charge on any atom is 0.259 e. The van der Waals surface area contributed by atoms with Crippen molar-refractivity contribution >= 4 is 17.5 Å². The van der Waals surface area contributed by atoms with E-state index >= 15 is 0 Å². The summed E-state index contributed by atoms with van der Waals surface area (Å²) in [5.74, 6) is -1.50. The van der Waals surface area contributed by atoms with Gasteiger partial charge in [0.05, 0.1) is 5.56 Å². The van der Waals surface area contributed by atoms with E-state index in [9.17, 15) is 14.0 Å². The molecule has 6 heteroatoms. The lowest BCUT2D eigenvalue weighted by Gasteiger charge is -2.34. The number of anilines is 1. The summed E-state index contributed by atoms with van der Waals surface area (Å²) in [6.45, 7) is 2.65. The molecule has 0 unspecified atom stereocenters. The second kappa shape index (κ2) is 6.16. The van der Waals surface area contributed by atoms with Crippen molar-refractivity contribution in [2.45, 2.75) is 6.92 Å². The third-order valence-electron chi connectivity index (χ3n) is 3.84. The molecule has 3 rings (SSSR count). The number of nitrogens with zero attached hydrogens (tertiary/aromatic N) is 3. The number of aromatic nitrogens is 1. The first kappa shape index (κ1) is 15.1. The molecule has 5 nitrogen and oxygen atoms in total. The molecule has 2 heterocycles. The average Bonchev–Trinajstić information content (AvgIpc) is 2.55. The minimum Gasteiger partial charge on any atom is -0.327 e. The SMILES string of the molecule is Cc1ccc(N2CCN(C(=O)c3cccnc3F)CC2=O)cc1. The monoisotopic (exact) mass is 313 g/mol. The highest BCUT2D eigenvalue weighted by Gasteiger charge is 2.29. The van der Waals surface area contributed by atoms with Gasteiger partial charge in [0.15, 0.2) is 0 Å². The minimum absolute atomic E-state index is 0.0684. The Balaban J connectivity index is 1.74. The van der Waals surface area contributed by atoms with Gasteiger partial charge < -0.3 is 9.80 Å². The Morgan fingerprint density at radius 1 is 1.17 bits per heavy atom. The molecule has 0 saturated carbocycles. The number of carbonyl (C=O) groups is 2. The van der Waals surface area contributed by atoms with Crippen LogP contribution in [0.4, 0.5) is 10.1 Å². The van der Waals surface area contributed by atoms with Crippen LogP contribution in [0, 0.1) is 12.9 Å². The highest BCUT2D eigenvalue weighted by Crippen LogP contribution is 2.19. The summed E-state index contributed by atoms with van der Waals surface area (Å²) < 4.78 is 13.6. The van der Waals surface area contributed by atoms with Crippen LogP contribution in [0.2, 0.25) is 0 Å². The quantitative estimate of drug-likeness (QED) is 0.797. The molecular weight excluding hydrogens is 297 g/mol. The van der Waals surface area contributed by atoms with E-state index < -0.39 is 11.9 Å². The first-order valence-electron chi connectivity index (χ1n) is 7.33. The molecule has 1 aromatic heterocycles. The van der Waals surface area contributed by atoms with Crippen molar-refractivity contribution in [1.82, 2.24) is 9.88 Å². The molecule has 0 atom stereocenters. The average molecular weight is 313 g/mol. The van der Waals surface area contributed by atoms with Crippen LogP contribution in [0.1, 0.15) is 15.9 Å². The summed E-state index contributed by atoms with van der Waals surface area (Å²) in [6, 6.07) is 10.5. The molecule has 1 aromatic carbocycles. The third kappa shape index (κ3) is 3.06. The smallest absolute Gasteiger partial charge is 0.259 e. The van der Waals surface area contributed by atoms with Crippen molar-refractivity contribution in [3.8, 4) is 0 Å². The maximum atomic E-state index is 13.6. The van der Waals surface area contributed by atoms with Gasteiger partial charge in [-0.15, -0.1) is 0 Å². The predicted octanol–water partition coefficient (Wildman–Crippen LogP) is 2.02. The fourth-order valence-electron chi connectivity index (χ4n) is 2.56. The van der Waals surface area contributed by atoms with Gasteiger partial charge in [-0.2, -0.15) is 4.39 Å². The summed E-state index contributed by atoms with van der Waals surface area (Å²) in [5.41, 5.74) is 1.81. The van der Waals surface area contributed by atoms with Crippen LogP contribution >= 0.6 is 0 Å². The molecule has 1 aliphatic rings. The maximum absolute atomic E-state index is 13.6. The molecule has 0 bridgehead atoms.